The van der Waals surface area contributed by atoms with Crippen molar-refractivity contribution < 1.29 is 5.11 Å². The molecule has 0 aromatic rings. The van der Waals surface area contributed by atoms with E-state index in [0.717, 1.165) is 25.3 Å². The molecule has 2 atom stereocenters. The molecule has 0 aromatic carbocycles. The minimum absolute atomic E-state index is 0.0810. The van der Waals surface area contributed by atoms with Crippen molar-refractivity contribution in [2.24, 2.45) is 17.1 Å². The molecule has 0 saturated carbocycles. The van der Waals surface area contributed by atoms with E-state index in [2.05, 4.69) is 25.7 Å². The van der Waals surface area contributed by atoms with Crippen LogP contribution in [0.3, 0.4) is 0 Å². The molecule has 0 aliphatic carbocycles. The van der Waals surface area contributed by atoms with Crippen molar-refractivity contribution in [3.8, 4) is 0 Å². The first-order valence-corrected chi connectivity index (χ1v) is 6.87. The van der Waals surface area contributed by atoms with Gasteiger partial charge in [-0.3, -0.25) is 0 Å². The summed E-state index contributed by atoms with van der Waals surface area (Å²) in [6, 6.07) is 0. The quantitative estimate of drug-likeness (QED) is 0.773. The lowest BCUT2D eigenvalue weighted by molar-refractivity contribution is 0.188. The fourth-order valence-electron chi connectivity index (χ4n) is 2.53. The van der Waals surface area contributed by atoms with Gasteiger partial charge in [0.15, 0.2) is 0 Å². The van der Waals surface area contributed by atoms with Crippen LogP contribution in [-0.2, 0) is 0 Å². The van der Waals surface area contributed by atoms with E-state index in [0.29, 0.717) is 5.41 Å². The number of hydrogen-bond donors (Lipinski definition) is 2. The third kappa shape index (κ3) is 4.94. The van der Waals surface area contributed by atoms with Crippen LogP contribution in [0.1, 0.15) is 47.0 Å². The van der Waals surface area contributed by atoms with Gasteiger partial charge in [0.2, 0.25) is 0 Å². The van der Waals surface area contributed by atoms with Crippen LogP contribution >= 0.6 is 0 Å². The second kappa shape index (κ2) is 5.68. The van der Waals surface area contributed by atoms with Gasteiger partial charge in [-0.2, -0.15) is 0 Å². The van der Waals surface area contributed by atoms with Crippen molar-refractivity contribution in [1.29, 1.82) is 0 Å². The molecule has 1 aliphatic heterocycles. The van der Waals surface area contributed by atoms with E-state index in [1.165, 1.54) is 19.5 Å². The monoisotopic (exact) mass is 242 g/mol. The van der Waals surface area contributed by atoms with Gasteiger partial charge < -0.3 is 15.7 Å². The molecule has 1 fully saturated rings. The van der Waals surface area contributed by atoms with E-state index in [1.807, 2.05) is 6.92 Å². The van der Waals surface area contributed by atoms with Crippen molar-refractivity contribution in [2.75, 3.05) is 26.2 Å². The minimum Gasteiger partial charge on any atom is -0.394 e. The van der Waals surface area contributed by atoms with Gasteiger partial charge >= 0.3 is 0 Å². The zero-order chi connectivity index (χ0) is 13.1. The maximum Gasteiger partial charge on any atom is 0.0608 e. The Morgan fingerprint density at radius 2 is 1.94 bits per heavy atom. The summed E-state index contributed by atoms with van der Waals surface area (Å²) in [6.45, 7) is 12.6. The summed E-state index contributed by atoms with van der Waals surface area (Å²) in [5, 5.41) is 9.10. The molecule has 2 unspecified atom stereocenters. The minimum atomic E-state index is -0.400. The number of likely N-dealkylation sites (tertiary alicyclic amines) is 1. The van der Waals surface area contributed by atoms with Crippen molar-refractivity contribution in [3.63, 3.8) is 0 Å². The topological polar surface area (TPSA) is 49.5 Å². The van der Waals surface area contributed by atoms with E-state index in [1.54, 1.807) is 0 Å². The van der Waals surface area contributed by atoms with Crippen molar-refractivity contribution in [3.05, 3.63) is 0 Å². The maximum atomic E-state index is 9.10. The third-order valence-corrected chi connectivity index (χ3v) is 4.08. The average Bonchev–Trinajstić information content (AvgIpc) is 2.66. The molecule has 0 radical (unpaired) electrons. The molecule has 1 heterocycles. The Labute approximate surface area is 106 Å². The van der Waals surface area contributed by atoms with E-state index in [4.69, 9.17) is 10.8 Å². The Kier molecular flexibility index (Phi) is 4.99. The molecule has 3 nitrogen and oxygen atoms in total. The first-order chi connectivity index (χ1) is 7.74. The van der Waals surface area contributed by atoms with E-state index >= 15 is 0 Å². The lowest BCUT2D eigenvalue weighted by Gasteiger charge is -2.27. The Hall–Kier alpha value is -0.120. The highest BCUT2D eigenvalue weighted by atomic mass is 16.3. The van der Waals surface area contributed by atoms with Crippen LogP contribution in [0.25, 0.3) is 0 Å². The average molecular weight is 242 g/mol. The molecule has 3 N–H and O–H groups in total. The van der Waals surface area contributed by atoms with E-state index in [9.17, 15) is 0 Å². The lowest BCUT2D eigenvalue weighted by Crippen LogP contribution is -2.40. The molecule has 0 amide bonds. The molecular formula is C14H30N2O. The highest BCUT2D eigenvalue weighted by Crippen LogP contribution is 2.33. The van der Waals surface area contributed by atoms with Crippen molar-refractivity contribution in [2.45, 2.75) is 52.5 Å². The van der Waals surface area contributed by atoms with Gasteiger partial charge in [0.1, 0.15) is 0 Å². The molecular weight excluding hydrogens is 212 g/mol. The van der Waals surface area contributed by atoms with E-state index in [-0.39, 0.29) is 6.61 Å². The predicted octanol–water partition coefficient (Wildman–Crippen LogP) is 1.84. The first-order valence-electron chi connectivity index (χ1n) is 6.87. The number of aliphatic hydroxyl groups is 1. The zero-order valence-electron chi connectivity index (χ0n) is 12.0. The SMILES string of the molecule is CC(N)(CO)CCCN1CCC(C(C)(C)C)C1. The molecule has 3 heteroatoms. The Balaban J connectivity index is 2.23. The molecule has 0 bridgehead atoms. The van der Waals surface area contributed by atoms with Gasteiger partial charge in [-0.25, -0.2) is 0 Å². The fraction of sp³-hybridized carbons (Fsp3) is 1.00. The molecule has 102 valence electrons. The summed E-state index contributed by atoms with van der Waals surface area (Å²) in [7, 11) is 0. The number of nitrogens with zero attached hydrogens (tertiary/aromatic N) is 1. The largest absolute Gasteiger partial charge is 0.394 e. The highest BCUT2D eigenvalue weighted by molar-refractivity contribution is 4.84. The Morgan fingerprint density at radius 3 is 2.41 bits per heavy atom. The standard InChI is InChI=1S/C14H30N2O/c1-13(2,3)12-6-9-16(10-12)8-5-7-14(4,15)11-17/h12,17H,5-11,15H2,1-4H3. The smallest absolute Gasteiger partial charge is 0.0608 e. The van der Waals surface area contributed by atoms with Crippen LogP contribution in [-0.4, -0.2) is 41.8 Å². The van der Waals surface area contributed by atoms with Gasteiger partial charge in [0, 0.05) is 12.1 Å². The number of aliphatic hydroxyl groups excluding tert-OH is 1. The second-order valence-electron chi connectivity index (χ2n) is 7.07. The van der Waals surface area contributed by atoms with Crippen LogP contribution in [0.2, 0.25) is 0 Å². The summed E-state index contributed by atoms with van der Waals surface area (Å²) in [5.41, 5.74) is 5.96. The van der Waals surface area contributed by atoms with Gasteiger partial charge in [-0.15, -0.1) is 0 Å². The van der Waals surface area contributed by atoms with E-state index < -0.39 is 5.54 Å². The lowest BCUT2D eigenvalue weighted by atomic mass is 9.80. The Morgan fingerprint density at radius 1 is 1.29 bits per heavy atom. The van der Waals surface area contributed by atoms with Crippen molar-refractivity contribution >= 4 is 0 Å². The van der Waals surface area contributed by atoms with Crippen LogP contribution < -0.4 is 5.73 Å². The normalized spacial score (nSPS) is 26.1. The summed E-state index contributed by atoms with van der Waals surface area (Å²) in [4.78, 5) is 2.55. The predicted molar refractivity (Wildman–Crippen MR) is 72.9 cm³/mol. The zero-order valence-corrected chi connectivity index (χ0v) is 12.0. The molecule has 0 aromatic heterocycles. The van der Waals surface area contributed by atoms with Crippen LogP contribution in [0.15, 0.2) is 0 Å². The summed E-state index contributed by atoms with van der Waals surface area (Å²) in [6.07, 6.45) is 3.31. The molecule has 1 aliphatic rings. The summed E-state index contributed by atoms with van der Waals surface area (Å²) in [5.74, 6) is 0.824. The second-order valence-corrected chi connectivity index (χ2v) is 7.07. The molecule has 1 saturated heterocycles. The number of hydrogen-bond acceptors (Lipinski definition) is 3. The molecule has 17 heavy (non-hydrogen) atoms. The molecule has 1 rings (SSSR count). The van der Waals surface area contributed by atoms with Gasteiger partial charge in [0.25, 0.3) is 0 Å². The fourth-order valence-corrected chi connectivity index (χ4v) is 2.53. The number of nitrogens with two attached hydrogens (primary N) is 1. The maximum absolute atomic E-state index is 9.10. The summed E-state index contributed by atoms with van der Waals surface area (Å²) < 4.78 is 0. The number of rotatable bonds is 5. The summed E-state index contributed by atoms with van der Waals surface area (Å²) >= 11 is 0. The van der Waals surface area contributed by atoms with Crippen molar-refractivity contribution in [1.82, 2.24) is 4.90 Å². The van der Waals surface area contributed by atoms with Gasteiger partial charge in [-0.1, -0.05) is 20.8 Å². The van der Waals surface area contributed by atoms with Gasteiger partial charge in [-0.05, 0) is 50.6 Å². The highest BCUT2D eigenvalue weighted by Gasteiger charge is 2.31. The third-order valence-electron chi connectivity index (χ3n) is 4.08. The Bertz CT molecular complexity index is 233. The molecule has 0 spiro atoms. The van der Waals surface area contributed by atoms with Gasteiger partial charge in [0.05, 0.1) is 6.61 Å². The van der Waals surface area contributed by atoms with Crippen LogP contribution in [0.5, 0.6) is 0 Å². The van der Waals surface area contributed by atoms with Crippen LogP contribution in [0, 0.1) is 11.3 Å². The van der Waals surface area contributed by atoms with Crippen LogP contribution in [0.4, 0.5) is 0 Å². The first kappa shape index (κ1) is 14.9.